The molecule has 29 heavy (non-hydrogen) atoms. The SMILES string of the molecule is CC(C)(C)NS(=O)(=O)c1cccc(NC(=O)CCc2nc(-c3ccsc3)no2)c1. The molecule has 0 aliphatic rings. The molecule has 3 rings (SSSR count). The van der Waals surface area contributed by atoms with Crippen molar-refractivity contribution in [1.29, 1.82) is 0 Å². The number of sulfonamides is 1. The second kappa shape index (κ2) is 8.44. The fourth-order valence-corrected chi connectivity index (χ4v) is 4.61. The van der Waals surface area contributed by atoms with Gasteiger partial charge in [-0.2, -0.15) is 16.3 Å². The van der Waals surface area contributed by atoms with Crippen LogP contribution >= 0.6 is 11.3 Å². The number of aromatic nitrogens is 2. The number of nitrogens with zero attached hydrogens (tertiary/aromatic N) is 2. The normalized spacial score (nSPS) is 12.1. The van der Waals surface area contributed by atoms with Crippen LogP contribution in [0.1, 0.15) is 33.1 Å². The number of aryl methyl sites for hydroxylation is 1. The molecular formula is C19H22N4O4S2. The van der Waals surface area contributed by atoms with Gasteiger partial charge in [0, 0.05) is 35.0 Å². The molecule has 8 nitrogen and oxygen atoms in total. The van der Waals surface area contributed by atoms with E-state index in [9.17, 15) is 13.2 Å². The van der Waals surface area contributed by atoms with Crippen molar-refractivity contribution in [2.45, 2.75) is 44.0 Å². The van der Waals surface area contributed by atoms with Gasteiger partial charge in [0.1, 0.15) is 0 Å². The number of benzene rings is 1. The monoisotopic (exact) mass is 434 g/mol. The van der Waals surface area contributed by atoms with E-state index in [1.165, 1.54) is 23.5 Å². The molecule has 3 aromatic rings. The van der Waals surface area contributed by atoms with E-state index >= 15 is 0 Å². The summed E-state index contributed by atoms with van der Waals surface area (Å²) >= 11 is 1.54. The van der Waals surface area contributed by atoms with Crippen molar-refractivity contribution in [3.8, 4) is 11.4 Å². The Morgan fingerprint density at radius 2 is 2.03 bits per heavy atom. The number of carbonyl (C=O) groups excluding carboxylic acids is 1. The second-order valence-corrected chi connectivity index (χ2v) is 9.92. The smallest absolute Gasteiger partial charge is 0.241 e. The molecule has 0 saturated heterocycles. The predicted molar refractivity (Wildman–Crippen MR) is 111 cm³/mol. The van der Waals surface area contributed by atoms with Gasteiger partial charge in [-0.1, -0.05) is 11.2 Å². The van der Waals surface area contributed by atoms with Gasteiger partial charge in [0.25, 0.3) is 0 Å². The number of hydrogen-bond acceptors (Lipinski definition) is 7. The van der Waals surface area contributed by atoms with E-state index in [1.807, 2.05) is 16.8 Å². The van der Waals surface area contributed by atoms with Gasteiger partial charge in [-0.25, -0.2) is 13.1 Å². The predicted octanol–water partition coefficient (Wildman–Crippen LogP) is 3.45. The molecular weight excluding hydrogens is 412 g/mol. The molecule has 10 heteroatoms. The van der Waals surface area contributed by atoms with Gasteiger partial charge in [-0.05, 0) is 50.4 Å². The minimum Gasteiger partial charge on any atom is -0.339 e. The zero-order valence-electron chi connectivity index (χ0n) is 16.3. The first kappa shape index (κ1) is 21.2. The Kier molecular flexibility index (Phi) is 6.15. The molecule has 0 spiro atoms. The minimum atomic E-state index is -3.68. The van der Waals surface area contributed by atoms with E-state index in [2.05, 4.69) is 20.2 Å². The fraction of sp³-hybridized carbons (Fsp3) is 0.316. The van der Waals surface area contributed by atoms with E-state index in [4.69, 9.17) is 4.52 Å². The van der Waals surface area contributed by atoms with Gasteiger partial charge < -0.3 is 9.84 Å². The first-order valence-electron chi connectivity index (χ1n) is 8.91. The standard InChI is InChI=1S/C19H22N4O4S2/c1-19(2,3)23-29(25,26)15-6-4-5-14(11-15)20-16(24)7-8-17-21-18(22-27-17)13-9-10-28-12-13/h4-6,9-12,23H,7-8H2,1-3H3,(H,20,24). The first-order valence-corrected chi connectivity index (χ1v) is 11.3. The van der Waals surface area contributed by atoms with Crippen molar-refractivity contribution in [3.63, 3.8) is 0 Å². The van der Waals surface area contributed by atoms with Crippen molar-refractivity contribution in [2.75, 3.05) is 5.32 Å². The molecule has 1 amide bonds. The molecule has 0 aliphatic heterocycles. The van der Waals surface area contributed by atoms with Crippen LogP contribution in [0.5, 0.6) is 0 Å². The third-order valence-corrected chi connectivity index (χ3v) is 6.12. The average molecular weight is 435 g/mol. The Morgan fingerprint density at radius 1 is 1.24 bits per heavy atom. The number of rotatable bonds is 7. The summed E-state index contributed by atoms with van der Waals surface area (Å²) in [4.78, 5) is 16.6. The van der Waals surface area contributed by atoms with Crippen LogP contribution in [0.15, 0.2) is 50.5 Å². The largest absolute Gasteiger partial charge is 0.339 e. The fourth-order valence-electron chi connectivity index (χ4n) is 2.51. The zero-order chi connectivity index (χ0) is 21.1. The molecule has 0 aliphatic carbocycles. The summed E-state index contributed by atoms with van der Waals surface area (Å²) in [6.07, 6.45) is 0.412. The maximum absolute atomic E-state index is 12.4. The highest BCUT2D eigenvalue weighted by Gasteiger charge is 2.22. The van der Waals surface area contributed by atoms with E-state index < -0.39 is 15.6 Å². The number of anilines is 1. The molecule has 2 heterocycles. The summed E-state index contributed by atoms with van der Waals surface area (Å²) in [5.41, 5.74) is 0.664. The van der Waals surface area contributed by atoms with Crippen molar-refractivity contribution >= 4 is 33.0 Å². The molecule has 1 aromatic carbocycles. The third kappa shape index (κ3) is 5.96. The highest BCUT2D eigenvalue weighted by atomic mass is 32.2. The van der Waals surface area contributed by atoms with Crippen LogP contribution in [0.4, 0.5) is 5.69 Å². The lowest BCUT2D eigenvalue weighted by Gasteiger charge is -2.20. The summed E-state index contributed by atoms with van der Waals surface area (Å²) in [5, 5.41) is 10.4. The Labute approximate surface area is 173 Å². The first-order chi connectivity index (χ1) is 13.6. The van der Waals surface area contributed by atoms with Crippen LogP contribution in [0.25, 0.3) is 11.4 Å². The number of thiophene rings is 1. The Hall–Kier alpha value is -2.56. The van der Waals surface area contributed by atoms with Crippen molar-refractivity contribution in [3.05, 3.63) is 47.0 Å². The van der Waals surface area contributed by atoms with E-state index in [0.717, 1.165) is 5.56 Å². The molecule has 0 bridgehead atoms. The molecule has 0 atom stereocenters. The van der Waals surface area contributed by atoms with Crippen LogP contribution in [-0.4, -0.2) is 30.0 Å². The maximum Gasteiger partial charge on any atom is 0.241 e. The molecule has 2 N–H and O–H groups in total. The molecule has 0 radical (unpaired) electrons. The molecule has 0 saturated carbocycles. The van der Waals surface area contributed by atoms with Gasteiger partial charge in [0.15, 0.2) is 0 Å². The summed E-state index contributed by atoms with van der Waals surface area (Å²) in [6, 6.07) is 8.01. The van der Waals surface area contributed by atoms with Crippen LogP contribution < -0.4 is 10.0 Å². The lowest BCUT2D eigenvalue weighted by Crippen LogP contribution is -2.40. The average Bonchev–Trinajstić information content (AvgIpc) is 3.30. The van der Waals surface area contributed by atoms with Crippen LogP contribution in [0.2, 0.25) is 0 Å². The van der Waals surface area contributed by atoms with Gasteiger partial charge in [0.2, 0.25) is 27.6 Å². The van der Waals surface area contributed by atoms with Gasteiger partial charge in [-0.15, -0.1) is 0 Å². The van der Waals surface area contributed by atoms with Crippen LogP contribution in [0.3, 0.4) is 0 Å². The Balaban J connectivity index is 1.60. The maximum atomic E-state index is 12.4. The molecule has 0 fully saturated rings. The minimum absolute atomic E-state index is 0.0857. The third-order valence-electron chi connectivity index (χ3n) is 3.68. The highest BCUT2D eigenvalue weighted by molar-refractivity contribution is 7.89. The van der Waals surface area contributed by atoms with E-state index in [0.29, 0.717) is 17.4 Å². The molecule has 0 unspecified atom stereocenters. The van der Waals surface area contributed by atoms with Gasteiger partial charge in [-0.3, -0.25) is 4.79 Å². The van der Waals surface area contributed by atoms with Gasteiger partial charge in [0.05, 0.1) is 4.90 Å². The summed E-state index contributed by atoms with van der Waals surface area (Å²) in [7, 11) is -3.68. The van der Waals surface area contributed by atoms with E-state index in [-0.39, 0.29) is 23.6 Å². The second-order valence-electron chi connectivity index (χ2n) is 7.46. The zero-order valence-corrected chi connectivity index (χ0v) is 17.9. The Bertz CT molecular complexity index is 1080. The van der Waals surface area contributed by atoms with Crippen LogP contribution in [-0.2, 0) is 21.2 Å². The van der Waals surface area contributed by atoms with Gasteiger partial charge >= 0.3 is 0 Å². The lowest BCUT2D eigenvalue weighted by atomic mass is 10.1. The van der Waals surface area contributed by atoms with Crippen molar-refractivity contribution in [2.24, 2.45) is 0 Å². The van der Waals surface area contributed by atoms with E-state index in [1.54, 1.807) is 32.9 Å². The molecule has 2 aromatic heterocycles. The van der Waals surface area contributed by atoms with Crippen molar-refractivity contribution in [1.82, 2.24) is 14.9 Å². The van der Waals surface area contributed by atoms with Crippen LogP contribution in [0, 0.1) is 0 Å². The topological polar surface area (TPSA) is 114 Å². The molecule has 154 valence electrons. The number of carbonyl (C=O) groups is 1. The summed E-state index contributed by atoms with van der Waals surface area (Å²) in [5.74, 6) is 0.580. The van der Waals surface area contributed by atoms with Crippen molar-refractivity contribution < 1.29 is 17.7 Å². The summed E-state index contributed by atoms with van der Waals surface area (Å²) < 4.78 is 32.7. The number of amides is 1. The quantitative estimate of drug-likeness (QED) is 0.589. The number of hydrogen-bond donors (Lipinski definition) is 2. The number of nitrogens with one attached hydrogen (secondary N) is 2. The highest BCUT2D eigenvalue weighted by Crippen LogP contribution is 2.20. The summed E-state index contributed by atoms with van der Waals surface area (Å²) in [6.45, 7) is 5.28. The Morgan fingerprint density at radius 3 is 2.72 bits per heavy atom. The lowest BCUT2D eigenvalue weighted by molar-refractivity contribution is -0.116.